The molecule has 2 aromatic carbocycles. The summed E-state index contributed by atoms with van der Waals surface area (Å²) in [5.74, 6) is 0.366. The minimum Gasteiger partial charge on any atom is -0.507 e. The summed E-state index contributed by atoms with van der Waals surface area (Å²) in [6.45, 7) is 9.41. The van der Waals surface area contributed by atoms with Gasteiger partial charge >= 0.3 is 0 Å². The number of hydrogen-bond donors (Lipinski definition) is 1. The van der Waals surface area contributed by atoms with Crippen LogP contribution in [0.1, 0.15) is 52.5 Å². The molecule has 24 heavy (non-hydrogen) atoms. The van der Waals surface area contributed by atoms with E-state index in [1.807, 2.05) is 24.3 Å². The highest BCUT2D eigenvalue weighted by atomic mass is 16.3. The van der Waals surface area contributed by atoms with Crippen LogP contribution >= 0.6 is 0 Å². The topological polar surface area (TPSA) is 20.2 Å². The van der Waals surface area contributed by atoms with Gasteiger partial charge in [-0.2, -0.15) is 0 Å². The van der Waals surface area contributed by atoms with Crippen molar-refractivity contribution in [2.45, 2.75) is 47.0 Å². The van der Waals surface area contributed by atoms with Crippen LogP contribution < -0.4 is 0 Å². The molecule has 0 heterocycles. The summed E-state index contributed by atoms with van der Waals surface area (Å²) in [5, 5.41) is 10.5. The molecule has 3 rings (SSSR count). The van der Waals surface area contributed by atoms with E-state index in [0.717, 1.165) is 29.5 Å². The molecule has 0 aliphatic heterocycles. The second kappa shape index (κ2) is 6.12. The largest absolute Gasteiger partial charge is 0.507 e. The van der Waals surface area contributed by atoms with Gasteiger partial charge in [0.25, 0.3) is 0 Å². The number of phenols is 1. The van der Waals surface area contributed by atoms with E-state index in [2.05, 4.69) is 52.0 Å². The Hall–Kier alpha value is -2.02. The van der Waals surface area contributed by atoms with Crippen LogP contribution in [0.2, 0.25) is 0 Å². The average Bonchev–Trinajstić information content (AvgIpc) is 2.47. The summed E-state index contributed by atoms with van der Waals surface area (Å²) in [4.78, 5) is 0. The maximum Gasteiger partial charge on any atom is 0.123 e. The van der Waals surface area contributed by atoms with Gasteiger partial charge < -0.3 is 5.11 Å². The van der Waals surface area contributed by atoms with Gasteiger partial charge in [0.1, 0.15) is 5.75 Å². The Balaban J connectivity index is 2.07. The van der Waals surface area contributed by atoms with E-state index in [0.29, 0.717) is 16.6 Å². The van der Waals surface area contributed by atoms with Crippen LogP contribution in [0.15, 0.2) is 54.1 Å². The first-order valence-corrected chi connectivity index (χ1v) is 8.83. The van der Waals surface area contributed by atoms with E-state index in [1.165, 1.54) is 12.0 Å². The Morgan fingerprint density at radius 1 is 0.833 bits per heavy atom. The zero-order chi connectivity index (χ0) is 17.4. The molecule has 126 valence electrons. The van der Waals surface area contributed by atoms with Crippen molar-refractivity contribution in [2.75, 3.05) is 0 Å². The lowest BCUT2D eigenvalue weighted by molar-refractivity contribution is 0.155. The van der Waals surface area contributed by atoms with Crippen molar-refractivity contribution < 1.29 is 5.11 Å². The SMILES string of the molecule is CC1(C)CC(=Cc2c(O)cccc2-c2ccccc2)CC(C)(C)C1. The summed E-state index contributed by atoms with van der Waals surface area (Å²) in [6.07, 6.45) is 5.67. The van der Waals surface area contributed by atoms with Gasteiger partial charge in [-0.25, -0.2) is 0 Å². The molecule has 1 fully saturated rings. The molecule has 1 nitrogen and oxygen atoms in total. The molecular formula is C23H28O. The lowest BCUT2D eigenvalue weighted by atomic mass is 9.63. The fourth-order valence-electron chi connectivity index (χ4n) is 4.59. The third-order valence-electron chi connectivity index (χ3n) is 4.88. The van der Waals surface area contributed by atoms with E-state index in [4.69, 9.17) is 0 Å². The Kier molecular flexibility index (Phi) is 4.29. The van der Waals surface area contributed by atoms with Gasteiger partial charge in [0.05, 0.1) is 0 Å². The normalized spacial score (nSPS) is 19.1. The summed E-state index contributed by atoms with van der Waals surface area (Å²) < 4.78 is 0. The zero-order valence-corrected chi connectivity index (χ0v) is 15.3. The number of benzene rings is 2. The van der Waals surface area contributed by atoms with E-state index in [1.54, 1.807) is 6.07 Å². The molecule has 1 saturated carbocycles. The predicted octanol–water partition coefficient (Wildman–Crippen LogP) is 6.68. The van der Waals surface area contributed by atoms with Crippen LogP contribution in [0.3, 0.4) is 0 Å². The maximum absolute atomic E-state index is 10.5. The quantitative estimate of drug-likeness (QED) is 0.654. The highest BCUT2D eigenvalue weighted by Crippen LogP contribution is 2.49. The van der Waals surface area contributed by atoms with Crippen molar-refractivity contribution in [3.8, 4) is 16.9 Å². The fourth-order valence-corrected chi connectivity index (χ4v) is 4.59. The fraction of sp³-hybridized carbons (Fsp3) is 0.391. The summed E-state index contributed by atoms with van der Waals surface area (Å²) in [6, 6.07) is 16.1. The van der Waals surface area contributed by atoms with Crippen LogP contribution in [-0.4, -0.2) is 5.11 Å². The maximum atomic E-state index is 10.5. The minimum absolute atomic E-state index is 0.310. The van der Waals surface area contributed by atoms with Gasteiger partial charge in [-0.1, -0.05) is 81.8 Å². The molecule has 0 aromatic heterocycles. The standard InChI is InChI=1S/C23H28O/c1-22(2)14-17(15-23(3,4)16-22)13-20-19(11-8-12-21(20)24)18-9-6-5-7-10-18/h5-13,24H,14-16H2,1-4H3. The number of hydrogen-bond acceptors (Lipinski definition) is 1. The molecule has 0 amide bonds. The van der Waals surface area contributed by atoms with E-state index < -0.39 is 0 Å². The predicted molar refractivity (Wildman–Crippen MR) is 103 cm³/mol. The molecule has 1 N–H and O–H groups in total. The van der Waals surface area contributed by atoms with Gasteiger partial charge in [-0.05, 0) is 47.3 Å². The highest BCUT2D eigenvalue weighted by Gasteiger charge is 2.35. The van der Waals surface area contributed by atoms with Crippen LogP contribution in [0.5, 0.6) is 5.75 Å². The van der Waals surface area contributed by atoms with Crippen LogP contribution in [0.25, 0.3) is 17.2 Å². The van der Waals surface area contributed by atoms with Crippen molar-refractivity contribution in [3.63, 3.8) is 0 Å². The summed E-state index contributed by atoms with van der Waals surface area (Å²) >= 11 is 0. The lowest BCUT2D eigenvalue weighted by Gasteiger charge is -2.42. The number of phenolic OH excluding ortho intramolecular Hbond substituents is 1. The van der Waals surface area contributed by atoms with E-state index >= 15 is 0 Å². The number of aromatic hydroxyl groups is 1. The van der Waals surface area contributed by atoms with Crippen molar-refractivity contribution in [1.82, 2.24) is 0 Å². The molecule has 0 spiro atoms. The monoisotopic (exact) mass is 320 g/mol. The van der Waals surface area contributed by atoms with Crippen molar-refractivity contribution >= 4 is 6.08 Å². The van der Waals surface area contributed by atoms with Gasteiger partial charge in [0, 0.05) is 5.56 Å². The lowest BCUT2D eigenvalue weighted by Crippen LogP contribution is -2.29. The van der Waals surface area contributed by atoms with Gasteiger partial charge in [-0.3, -0.25) is 0 Å². The molecule has 1 heteroatoms. The second-order valence-electron chi connectivity index (χ2n) is 8.77. The first kappa shape index (κ1) is 16.8. The Bertz CT molecular complexity index is 733. The van der Waals surface area contributed by atoms with Crippen LogP contribution in [0, 0.1) is 10.8 Å². The van der Waals surface area contributed by atoms with Gasteiger partial charge in [-0.15, -0.1) is 0 Å². The first-order chi connectivity index (χ1) is 11.3. The molecular weight excluding hydrogens is 292 g/mol. The Labute approximate surface area is 146 Å². The average molecular weight is 320 g/mol. The van der Waals surface area contributed by atoms with Crippen LogP contribution in [0.4, 0.5) is 0 Å². The molecule has 0 atom stereocenters. The molecule has 2 aromatic rings. The van der Waals surface area contributed by atoms with E-state index in [-0.39, 0.29) is 0 Å². The summed E-state index contributed by atoms with van der Waals surface area (Å²) in [5.41, 5.74) is 5.26. The molecule has 1 aliphatic carbocycles. The van der Waals surface area contributed by atoms with Crippen LogP contribution in [-0.2, 0) is 0 Å². The van der Waals surface area contributed by atoms with Gasteiger partial charge in [0.15, 0.2) is 0 Å². The van der Waals surface area contributed by atoms with Crippen molar-refractivity contribution in [1.29, 1.82) is 0 Å². The molecule has 0 radical (unpaired) electrons. The molecule has 0 unspecified atom stereocenters. The van der Waals surface area contributed by atoms with E-state index in [9.17, 15) is 5.11 Å². The molecule has 1 aliphatic rings. The third kappa shape index (κ3) is 3.72. The second-order valence-corrected chi connectivity index (χ2v) is 8.77. The van der Waals surface area contributed by atoms with Crippen molar-refractivity contribution in [3.05, 3.63) is 59.7 Å². The smallest absolute Gasteiger partial charge is 0.123 e. The third-order valence-corrected chi connectivity index (χ3v) is 4.88. The minimum atomic E-state index is 0.310. The Morgan fingerprint density at radius 2 is 1.46 bits per heavy atom. The summed E-state index contributed by atoms with van der Waals surface area (Å²) in [7, 11) is 0. The Morgan fingerprint density at radius 3 is 2.08 bits per heavy atom. The molecule has 0 saturated heterocycles. The van der Waals surface area contributed by atoms with Gasteiger partial charge in [0.2, 0.25) is 0 Å². The number of rotatable bonds is 2. The van der Waals surface area contributed by atoms with Crippen molar-refractivity contribution in [2.24, 2.45) is 10.8 Å². The number of allylic oxidation sites excluding steroid dienone is 1. The molecule has 0 bridgehead atoms. The first-order valence-electron chi connectivity index (χ1n) is 8.83. The zero-order valence-electron chi connectivity index (χ0n) is 15.3. The highest BCUT2D eigenvalue weighted by molar-refractivity contribution is 5.79.